The van der Waals surface area contributed by atoms with Gasteiger partial charge in [0.15, 0.2) is 0 Å². The number of amides is 2. The summed E-state index contributed by atoms with van der Waals surface area (Å²) < 4.78 is 0. The Labute approximate surface area is 172 Å². The summed E-state index contributed by atoms with van der Waals surface area (Å²) in [5, 5.41) is 3.37. The van der Waals surface area contributed by atoms with Crippen molar-refractivity contribution < 1.29 is 9.59 Å². The molecule has 3 rings (SSSR count). The summed E-state index contributed by atoms with van der Waals surface area (Å²) in [7, 11) is 0. The van der Waals surface area contributed by atoms with E-state index in [1.165, 1.54) is 17.7 Å². The molecule has 0 radical (unpaired) electrons. The van der Waals surface area contributed by atoms with Crippen LogP contribution in [0.2, 0.25) is 10.0 Å². The maximum Gasteiger partial charge on any atom is 0.283 e. The second-order valence-electron chi connectivity index (χ2n) is 6.16. The highest BCUT2D eigenvalue weighted by Crippen LogP contribution is 2.35. The number of aryl methyl sites for hydroxylation is 1. The standard InChI is InChI=1S/C20H17Cl3N2O2/c1-2-3-4-12-5-8-14(9-6-12)24-18-17(23)19(26)25(20(18)27)16-10-7-13(21)11-15(16)22/h5-11,24H,2-4H2,1H3. The summed E-state index contributed by atoms with van der Waals surface area (Å²) in [6, 6.07) is 12.2. The fourth-order valence-electron chi connectivity index (χ4n) is 2.77. The van der Waals surface area contributed by atoms with Crippen LogP contribution in [0.15, 0.2) is 53.2 Å². The second-order valence-corrected chi connectivity index (χ2v) is 7.38. The van der Waals surface area contributed by atoms with E-state index >= 15 is 0 Å². The van der Waals surface area contributed by atoms with Gasteiger partial charge in [-0.2, -0.15) is 0 Å². The number of nitrogens with zero attached hydrogens (tertiary/aromatic N) is 1. The van der Waals surface area contributed by atoms with E-state index in [2.05, 4.69) is 12.2 Å². The van der Waals surface area contributed by atoms with Gasteiger partial charge in [-0.1, -0.05) is 60.3 Å². The van der Waals surface area contributed by atoms with Crippen LogP contribution < -0.4 is 10.2 Å². The van der Waals surface area contributed by atoms with Crippen LogP contribution in [0.3, 0.4) is 0 Å². The third kappa shape index (κ3) is 4.13. The lowest BCUT2D eigenvalue weighted by atomic mass is 10.1. The van der Waals surface area contributed by atoms with Gasteiger partial charge in [0.05, 0.1) is 10.7 Å². The van der Waals surface area contributed by atoms with Gasteiger partial charge in [0, 0.05) is 10.7 Å². The number of benzene rings is 2. The zero-order valence-electron chi connectivity index (χ0n) is 14.6. The smallest absolute Gasteiger partial charge is 0.283 e. The van der Waals surface area contributed by atoms with Gasteiger partial charge >= 0.3 is 0 Å². The molecule has 0 aromatic heterocycles. The molecular formula is C20H17Cl3N2O2. The molecule has 0 spiro atoms. The van der Waals surface area contributed by atoms with Crippen molar-refractivity contribution in [3.8, 4) is 0 Å². The topological polar surface area (TPSA) is 49.4 Å². The first-order chi connectivity index (χ1) is 12.9. The molecule has 0 aliphatic carbocycles. The number of unbranched alkanes of at least 4 members (excludes halogenated alkanes) is 1. The molecule has 1 heterocycles. The molecule has 140 valence electrons. The summed E-state index contributed by atoms with van der Waals surface area (Å²) in [6.07, 6.45) is 3.25. The molecule has 0 fully saturated rings. The Hall–Kier alpha value is -2.01. The minimum Gasteiger partial charge on any atom is -0.350 e. The van der Waals surface area contributed by atoms with Crippen LogP contribution in [0.25, 0.3) is 0 Å². The van der Waals surface area contributed by atoms with Crippen molar-refractivity contribution in [1.82, 2.24) is 0 Å². The second kappa shape index (κ2) is 8.34. The van der Waals surface area contributed by atoms with Crippen molar-refractivity contribution in [2.75, 3.05) is 10.2 Å². The molecule has 7 heteroatoms. The Morgan fingerprint density at radius 3 is 2.30 bits per heavy atom. The number of anilines is 2. The van der Waals surface area contributed by atoms with Crippen LogP contribution in [0.1, 0.15) is 25.3 Å². The Bertz CT molecular complexity index is 923. The molecule has 1 aliphatic heterocycles. The van der Waals surface area contributed by atoms with E-state index in [9.17, 15) is 9.59 Å². The third-order valence-electron chi connectivity index (χ3n) is 4.22. The van der Waals surface area contributed by atoms with E-state index in [4.69, 9.17) is 34.8 Å². The van der Waals surface area contributed by atoms with Crippen LogP contribution >= 0.6 is 34.8 Å². The average molecular weight is 424 g/mol. The van der Waals surface area contributed by atoms with Gasteiger partial charge in [-0.05, 0) is 48.7 Å². The van der Waals surface area contributed by atoms with Crippen molar-refractivity contribution >= 4 is 58.0 Å². The van der Waals surface area contributed by atoms with E-state index in [1.54, 1.807) is 6.07 Å². The average Bonchev–Trinajstić information content (AvgIpc) is 2.85. The van der Waals surface area contributed by atoms with Crippen LogP contribution in [-0.2, 0) is 16.0 Å². The number of hydrogen-bond acceptors (Lipinski definition) is 3. The summed E-state index contributed by atoms with van der Waals surface area (Å²) in [5.74, 6) is -1.20. The van der Waals surface area contributed by atoms with Gasteiger partial charge in [0.1, 0.15) is 10.7 Å². The fraction of sp³-hybridized carbons (Fsp3) is 0.200. The lowest BCUT2D eigenvalue weighted by molar-refractivity contribution is -0.120. The van der Waals surface area contributed by atoms with E-state index in [1.807, 2.05) is 24.3 Å². The van der Waals surface area contributed by atoms with E-state index < -0.39 is 11.8 Å². The quantitative estimate of drug-likeness (QED) is 0.600. The molecule has 27 heavy (non-hydrogen) atoms. The summed E-state index contributed by atoms with van der Waals surface area (Å²) in [5.41, 5.74) is 2.15. The predicted molar refractivity (Wildman–Crippen MR) is 111 cm³/mol. The number of nitrogens with one attached hydrogen (secondary N) is 1. The van der Waals surface area contributed by atoms with E-state index in [0.717, 1.165) is 24.2 Å². The minimum absolute atomic E-state index is 0.0222. The first-order valence-corrected chi connectivity index (χ1v) is 9.65. The van der Waals surface area contributed by atoms with Crippen molar-refractivity contribution in [2.24, 2.45) is 0 Å². The van der Waals surface area contributed by atoms with Gasteiger partial charge in [-0.15, -0.1) is 0 Å². The molecular weight excluding hydrogens is 407 g/mol. The largest absolute Gasteiger partial charge is 0.350 e. The van der Waals surface area contributed by atoms with Crippen molar-refractivity contribution in [3.05, 3.63) is 68.8 Å². The van der Waals surface area contributed by atoms with E-state index in [-0.39, 0.29) is 21.4 Å². The van der Waals surface area contributed by atoms with Gasteiger partial charge in [0.25, 0.3) is 11.8 Å². The van der Waals surface area contributed by atoms with Gasteiger partial charge < -0.3 is 5.32 Å². The van der Waals surface area contributed by atoms with Crippen LogP contribution in [0.4, 0.5) is 11.4 Å². The maximum absolute atomic E-state index is 12.8. The number of hydrogen-bond donors (Lipinski definition) is 1. The van der Waals surface area contributed by atoms with Gasteiger partial charge in [-0.3, -0.25) is 9.59 Å². The first kappa shape index (κ1) is 19.7. The molecule has 2 amide bonds. The normalized spacial score (nSPS) is 14.3. The van der Waals surface area contributed by atoms with Gasteiger partial charge in [0.2, 0.25) is 0 Å². The molecule has 4 nitrogen and oxygen atoms in total. The summed E-state index contributed by atoms with van der Waals surface area (Å²) in [4.78, 5) is 26.2. The highest BCUT2D eigenvalue weighted by atomic mass is 35.5. The predicted octanol–water partition coefficient (Wildman–Crippen LogP) is 5.77. The van der Waals surface area contributed by atoms with Crippen LogP contribution in [-0.4, -0.2) is 11.8 Å². The highest BCUT2D eigenvalue weighted by Gasteiger charge is 2.39. The Kier molecular flexibility index (Phi) is 6.10. The molecule has 0 bridgehead atoms. The zero-order valence-corrected chi connectivity index (χ0v) is 16.8. The van der Waals surface area contributed by atoms with E-state index in [0.29, 0.717) is 10.7 Å². The number of imide groups is 1. The number of carbonyl (C=O) groups is 2. The van der Waals surface area contributed by atoms with Crippen LogP contribution in [0.5, 0.6) is 0 Å². The molecule has 0 atom stereocenters. The lowest BCUT2D eigenvalue weighted by Gasteiger charge is -2.16. The van der Waals surface area contributed by atoms with Gasteiger partial charge in [-0.25, -0.2) is 4.90 Å². The Morgan fingerprint density at radius 1 is 0.963 bits per heavy atom. The molecule has 0 unspecified atom stereocenters. The lowest BCUT2D eigenvalue weighted by Crippen LogP contribution is -2.32. The van der Waals surface area contributed by atoms with Crippen molar-refractivity contribution in [1.29, 1.82) is 0 Å². The minimum atomic E-state index is -0.632. The third-order valence-corrected chi connectivity index (χ3v) is 5.11. The number of carbonyl (C=O) groups excluding carboxylic acids is 2. The SMILES string of the molecule is CCCCc1ccc(NC2=C(Cl)C(=O)N(c3ccc(Cl)cc3Cl)C2=O)cc1. The van der Waals surface area contributed by atoms with Crippen LogP contribution in [0, 0.1) is 0 Å². The monoisotopic (exact) mass is 422 g/mol. The first-order valence-electron chi connectivity index (χ1n) is 8.52. The maximum atomic E-state index is 12.8. The molecule has 0 saturated carbocycles. The number of rotatable bonds is 6. The van der Waals surface area contributed by atoms with Crippen molar-refractivity contribution in [2.45, 2.75) is 26.2 Å². The molecule has 2 aromatic carbocycles. The summed E-state index contributed by atoms with van der Waals surface area (Å²) >= 11 is 18.2. The Morgan fingerprint density at radius 2 is 1.67 bits per heavy atom. The molecule has 1 N–H and O–H groups in total. The molecule has 1 aliphatic rings. The molecule has 2 aromatic rings. The molecule has 0 saturated heterocycles. The number of halogens is 3. The highest BCUT2D eigenvalue weighted by molar-refractivity contribution is 6.53. The zero-order chi connectivity index (χ0) is 19.6. The fourth-order valence-corrected chi connectivity index (χ4v) is 3.48. The Balaban J connectivity index is 1.82. The summed E-state index contributed by atoms with van der Waals surface area (Å²) in [6.45, 7) is 2.14. The van der Waals surface area contributed by atoms with Crippen molar-refractivity contribution in [3.63, 3.8) is 0 Å².